The molecule has 0 radical (unpaired) electrons. The third-order valence-corrected chi connectivity index (χ3v) is 5.09. The lowest BCUT2D eigenvalue weighted by atomic mass is 9.79. The quantitative estimate of drug-likeness (QED) is 0.891. The maximum atomic E-state index is 5.76. The molecule has 2 heterocycles. The highest BCUT2D eigenvalue weighted by Crippen LogP contribution is 2.33. The average molecular weight is 313 g/mol. The Bertz CT molecular complexity index is 610. The summed E-state index contributed by atoms with van der Waals surface area (Å²) in [5.41, 5.74) is 5.21. The number of hydrogen-bond acceptors (Lipinski definition) is 3. The van der Waals surface area contributed by atoms with E-state index in [1.165, 1.54) is 16.8 Å². The van der Waals surface area contributed by atoms with Crippen molar-refractivity contribution in [2.45, 2.75) is 32.1 Å². The summed E-state index contributed by atoms with van der Waals surface area (Å²) in [4.78, 5) is 2.44. The van der Waals surface area contributed by atoms with Crippen molar-refractivity contribution in [1.82, 2.24) is 15.1 Å². The Kier molecular flexibility index (Phi) is 4.83. The molecular formula is C19H27N3O. The van der Waals surface area contributed by atoms with Crippen LogP contribution in [-0.4, -0.2) is 48.4 Å². The number of H-pyrrole nitrogens is 1. The maximum absolute atomic E-state index is 5.76. The molecule has 23 heavy (non-hydrogen) atoms. The number of likely N-dealkylation sites (N-methyl/N-ethyl adjacent to an activating group) is 1. The Labute approximate surface area is 138 Å². The molecule has 124 valence electrons. The number of nitrogens with zero attached hydrogens (tertiary/aromatic N) is 2. The monoisotopic (exact) mass is 313 g/mol. The van der Waals surface area contributed by atoms with Gasteiger partial charge >= 0.3 is 0 Å². The van der Waals surface area contributed by atoms with Crippen LogP contribution in [0.15, 0.2) is 30.3 Å². The van der Waals surface area contributed by atoms with Gasteiger partial charge in [0.1, 0.15) is 0 Å². The Balaban J connectivity index is 1.66. The van der Waals surface area contributed by atoms with Gasteiger partial charge in [0.2, 0.25) is 0 Å². The standard InChI is InChI=1S/C19H27N3O/c1-15-18(16(2)21-20-15)9-11-22(3)13-19(10-12-23-14-19)17-7-5-4-6-8-17/h4-8H,9-14H2,1-3H3,(H,20,21)/t19-/m1/s1. The highest BCUT2D eigenvalue weighted by molar-refractivity contribution is 5.27. The van der Waals surface area contributed by atoms with Crippen molar-refractivity contribution >= 4 is 0 Å². The normalized spacial score (nSPS) is 21.2. The van der Waals surface area contributed by atoms with Gasteiger partial charge in [-0.1, -0.05) is 30.3 Å². The minimum atomic E-state index is 0.135. The van der Waals surface area contributed by atoms with Crippen LogP contribution in [0.4, 0.5) is 0 Å². The summed E-state index contributed by atoms with van der Waals surface area (Å²) in [5, 5.41) is 7.37. The van der Waals surface area contributed by atoms with Crippen molar-refractivity contribution in [2.75, 3.05) is 33.4 Å². The fourth-order valence-corrected chi connectivity index (χ4v) is 3.68. The predicted octanol–water partition coefficient (Wildman–Crippen LogP) is 2.86. The average Bonchev–Trinajstić information content (AvgIpc) is 3.15. The molecule has 1 N–H and O–H groups in total. The zero-order chi connectivity index (χ0) is 16.3. The van der Waals surface area contributed by atoms with E-state index in [9.17, 15) is 0 Å². The molecule has 1 aliphatic rings. The Morgan fingerprint density at radius 1 is 1.26 bits per heavy atom. The van der Waals surface area contributed by atoms with Gasteiger partial charge in [-0.3, -0.25) is 5.10 Å². The molecule has 0 bridgehead atoms. The van der Waals surface area contributed by atoms with E-state index in [4.69, 9.17) is 4.74 Å². The van der Waals surface area contributed by atoms with Crippen molar-refractivity contribution in [3.63, 3.8) is 0 Å². The van der Waals surface area contributed by atoms with Gasteiger partial charge in [0, 0.05) is 30.8 Å². The molecule has 0 aliphatic carbocycles. The van der Waals surface area contributed by atoms with E-state index in [1.54, 1.807) is 0 Å². The lowest BCUT2D eigenvalue weighted by molar-refractivity contribution is 0.159. The molecule has 2 aromatic rings. The summed E-state index contributed by atoms with van der Waals surface area (Å²) >= 11 is 0. The molecule has 1 fully saturated rings. The maximum Gasteiger partial charge on any atom is 0.0626 e. The second-order valence-corrected chi connectivity index (χ2v) is 6.85. The first-order chi connectivity index (χ1) is 11.1. The number of benzene rings is 1. The van der Waals surface area contributed by atoms with Crippen LogP contribution >= 0.6 is 0 Å². The number of ether oxygens (including phenoxy) is 1. The second-order valence-electron chi connectivity index (χ2n) is 6.85. The van der Waals surface area contributed by atoms with Crippen LogP contribution < -0.4 is 0 Å². The van der Waals surface area contributed by atoms with Crippen LogP contribution in [0.2, 0.25) is 0 Å². The van der Waals surface area contributed by atoms with E-state index in [-0.39, 0.29) is 5.41 Å². The third kappa shape index (κ3) is 3.48. The van der Waals surface area contributed by atoms with Crippen molar-refractivity contribution in [2.24, 2.45) is 0 Å². The zero-order valence-electron chi connectivity index (χ0n) is 14.4. The van der Waals surface area contributed by atoms with Gasteiger partial charge in [0.15, 0.2) is 0 Å². The van der Waals surface area contributed by atoms with Crippen LogP contribution in [0.25, 0.3) is 0 Å². The minimum Gasteiger partial charge on any atom is -0.380 e. The number of aromatic amines is 1. The Morgan fingerprint density at radius 3 is 2.65 bits per heavy atom. The first-order valence-corrected chi connectivity index (χ1v) is 8.43. The van der Waals surface area contributed by atoms with Crippen molar-refractivity contribution in [3.8, 4) is 0 Å². The molecule has 1 saturated heterocycles. The van der Waals surface area contributed by atoms with Crippen molar-refractivity contribution in [1.29, 1.82) is 0 Å². The number of hydrogen-bond donors (Lipinski definition) is 1. The van der Waals surface area contributed by atoms with Gasteiger partial charge in [-0.15, -0.1) is 0 Å². The van der Waals surface area contributed by atoms with Crippen LogP contribution in [0.1, 0.15) is 28.9 Å². The Hall–Kier alpha value is -1.65. The summed E-state index contributed by atoms with van der Waals surface area (Å²) in [6.07, 6.45) is 2.14. The third-order valence-electron chi connectivity index (χ3n) is 5.09. The SMILES string of the molecule is Cc1n[nH]c(C)c1CCN(C)C[C@]1(c2ccccc2)CCOC1. The molecule has 1 aromatic heterocycles. The van der Waals surface area contributed by atoms with Gasteiger partial charge in [0.05, 0.1) is 12.3 Å². The first-order valence-electron chi connectivity index (χ1n) is 8.43. The molecule has 1 aliphatic heterocycles. The fraction of sp³-hybridized carbons (Fsp3) is 0.526. The van der Waals surface area contributed by atoms with E-state index >= 15 is 0 Å². The smallest absolute Gasteiger partial charge is 0.0626 e. The number of nitrogens with one attached hydrogen (secondary N) is 1. The van der Waals surface area contributed by atoms with Gasteiger partial charge < -0.3 is 9.64 Å². The molecule has 1 aromatic carbocycles. The molecule has 0 saturated carbocycles. The topological polar surface area (TPSA) is 41.2 Å². The van der Waals surface area contributed by atoms with Gasteiger partial charge in [0.25, 0.3) is 0 Å². The van der Waals surface area contributed by atoms with E-state index < -0.39 is 0 Å². The lowest BCUT2D eigenvalue weighted by Crippen LogP contribution is -2.40. The second kappa shape index (κ2) is 6.85. The van der Waals surface area contributed by atoms with Crippen LogP contribution in [0, 0.1) is 13.8 Å². The van der Waals surface area contributed by atoms with Gasteiger partial charge in [-0.25, -0.2) is 0 Å². The first kappa shape index (κ1) is 16.2. The van der Waals surface area contributed by atoms with E-state index in [0.29, 0.717) is 0 Å². The molecule has 4 nitrogen and oxygen atoms in total. The lowest BCUT2D eigenvalue weighted by Gasteiger charge is -2.33. The number of aryl methyl sites for hydroxylation is 2. The fourth-order valence-electron chi connectivity index (χ4n) is 3.68. The zero-order valence-corrected chi connectivity index (χ0v) is 14.4. The summed E-state index contributed by atoms with van der Waals surface area (Å²) in [6, 6.07) is 10.8. The van der Waals surface area contributed by atoms with E-state index in [0.717, 1.165) is 44.8 Å². The molecule has 3 rings (SSSR count). The molecule has 0 amide bonds. The van der Waals surface area contributed by atoms with Crippen LogP contribution in [0.3, 0.4) is 0 Å². The molecule has 4 heteroatoms. The highest BCUT2D eigenvalue weighted by atomic mass is 16.5. The van der Waals surface area contributed by atoms with Gasteiger partial charge in [-0.05, 0) is 44.9 Å². The van der Waals surface area contributed by atoms with Crippen molar-refractivity contribution < 1.29 is 4.74 Å². The Morgan fingerprint density at radius 2 is 2.04 bits per heavy atom. The van der Waals surface area contributed by atoms with E-state index in [1.807, 2.05) is 0 Å². The number of aromatic nitrogens is 2. The van der Waals surface area contributed by atoms with Gasteiger partial charge in [-0.2, -0.15) is 5.10 Å². The van der Waals surface area contributed by atoms with E-state index in [2.05, 4.69) is 66.3 Å². The molecule has 0 spiro atoms. The van der Waals surface area contributed by atoms with Crippen molar-refractivity contribution in [3.05, 3.63) is 52.8 Å². The number of rotatable bonds is 6. The largest absolute Gasteiger partial charge is 0.380 e. The predicted molar refractivity (Wildman–Crippen MR) is 92.8 cm³/mol. The highest BCUT2D eigenvalue weighted by Gasteiger charge is 2.37. The molecule has 0 unspecified atom stereocenters. The summed E-state index contributed by atoms with van der Waals surface area (Å²) in [6.45, 7) is 7.94. The summed E-state index contributed by atoms with van der Waals surface area (Å²) in [5.74, 6) is 0. The molecule has 1 atom stereocenters. The summed E-state index contributed by atoms with van der Waals surface area (Å²) < 4.78 is 5.76. The van der Waals surface area contributed by atoms with Crippen LogP contribution in [-0.2, 0) is 16.6 Å². The minimum absolute atomic E-state index is 0.135. The molecular weight excluding hydrogens is 286 g/mol. The van der Waals surface area contributed by atoms with Crippen LogP contribution in [0.5, 0.6) is 0 Å². The summed E-state index contributed by atoms with van der Waals surface area (Å²) in [7, 11) is 2.22.